The minimum atomic E-state index is -0.291. The van der Waals surface area contributed by atoms with Crippen molar-refractivity contribution in [1.82, 2.24) is 20.2 Å². The quantitative estimate of drug-likeness (QED) is 0.335. The summed E-state index contributed by atoms with van der Waals surface area (Å²) in [6, 6.07) is 14.2. The predicted molar refractivity (Wildman–Crippen MR) is 125 cm³/mol. The molecule has 168 valence electrons. The molecule has 0 atom stereocenters. The first-order valence-electron chi connectivity index (χ1n) is 10.0. The second-order valence-electron chi connectivity index (χ2n) is 7.36. The van der Waals surface area contributed by atoms with E-state index in [-0.39, 0.29) is 17.6 Å². The molecular weight excluding hydrogens is 428 g/mol. The van der Waals surface area contributed by atoms with Gasteiger partial charge in [-0.3, -0.25) is 9.59 Å². The Morgan fingerprint density at radius 1 is 1.12 bits per heavy atom. The number of thioether (sulfide) groups is 1. The molecule has 0 fully saturated rings. The Morgan fingerprint density at radius 3 is 2.59 bits per heavy atom. The van der Waals surface area contributed by atoms with E-state index in [9.17, 15) is 9.59 Å². The van der Waals surface area contributed by atoms with E-state index < -0.39 is 0 Å². The lowest BCUT2D eigenvalue weighted by Gasteiger charge is -2.12. The van der Waals surface area contributed by atoms with Gasteiger partial charge in [-0.1, -0.05) is 49.9 Å². The van der Waals surface area contributed by atoms with Crippen LogP contribution in [0.25, 0.3) is 11.4 Å². The van der Waals surface area contributed by atoms with Crippen LogP contribution < -0.4 is 21.2 Å². The average Bonchev–Trinajstić information content (AvgIpc) is 3.16. The van der Waals surface area contributed by atoms with E-state index in [2.05, 4.69) is 20.8 Å². The van der Waals surface area contributed by atoms with Crippen molar-refractivity contribution >= 4 is 29.3 Å². The summed E-state index contributed by atoms with van der Waals surface area (Å²) in [7, 11) is 1.57. The Bertz CT molecular complexity index is 1100. The first kappa shape index (κ1) is 23.1. The molecule has 1 aromatic heterocycles. The summed E-state index contributed by atoms with van der Waals surface area (Å²) in [4.78, 5) is 25.0. The van der Waals surface area contributed by atoms with Gasteiger partial charge in [-0.05, 0) is 30.2 Å². The molecule has 0 unspecified atom stereocenters. The largest absolute Gasteiger partial charge is 0.496 e. The summed E-state index contributed by atoms with van der Waals surface area (Å²) in [5, 5.41) is 14.2. The van der Waals surface area contributed by atoms with Crippen molar-refractivity contribution in [3.8, 4) is 17.1 Å². The van der Waals surface area contributed by atoms with Crippen LogP contribution in [0.3, 0.4) is 0 Å². The summed E-state index contributed by atoms with van der Waals surface area (Å²) in [6.07, 6.45) is 0. The number of amides is 2. The summed E-state index contributed by atoms with van der Waals surface area (Å²) >= 11 is 1.14. The predicted octanol–water partition coefficient (Wildman–Crippen LogP) is 2.78. The van der Waals surface area contributed by atoms with Crippen LogP contribution in [0.5, 0.6) is 5.75 Å². The monoisotopic (exact) mass is 454 g/mol. The molecule has 4 N–H and O–H groups in total. The first-order valence-corrected chi connectivity index (χ1v) is 11.0. The Labute approximate surface area is 190 Å². The van der Waals surface area contributed by atoms with Crippen LogP contribution in [-0.2, 0) is 4.79 Å². The highest BCUT2D eigenvalue weighted by atomic mass is 32.2. The molecule has 0 spiro atoms. The van der Waals surface area contributed by atoms with Gasteiger partial charge in [0.1, 0.15) is 5.75 Å². The molecule has 0 bridgehead atoms. The summed E-state index contributed by atoms with van der Waals surface area (Å²) in [6.45, 7) is 4.58. The molecule has 0 aliphatic heterocycles. The van der Waals surface area contributed by atoms with Gasteiger partial charge in [0, 0.05) is 6.54 Å². The highest BCUT2D eigenvalue weighted by Crippen LogP contribution is 2.29. The van der Waals surface area contributed by atoms with E-state index in [1.165, 1.54) is 4.68 Å². The highest BCUT2D eigenvalue weighted by molar-refractivity contribution is 7.99. The van der Waals surface area contributed by atoms with Crippen LogP contribution in [0.15, 0.2) is 53.7 Å². The molecule has 9 nitrogen and oxygen atoms in total. The Kier molecular flexibility index (Phi) is 7.72. The maximum absolute atomic E-state index is 12.5. The van der Waals surface area contributed by atoms with Crippen molar-refractivity contribution in [3.63, 3.8) is 0 Å². The lowest BCUT2D eigenvalue weighted by atomic mass is 10.1. The van der Waals surface area contributed by atoms with E-state index in [1.54, 1.807) is 37.4 Å². The van der Waals surface area contributed by atoms with Gasteiger partial charge in [0.15, 0.2) is 5.82 Å². The van der Waals surface area contributed by atoms with Crippen LogP contribution in [0.1, 0.15) is 24.2 Å². The van der Waals surface area contributed by atoms with E-state index >= 15 is 0 Å². The number of hydrogen-bond acceptors (Lipinski definition) is 7. The topological polar surface area (TPSA) is 124 Å². The molecule has 2 aromatic carbocycles. The highest BCUT2D eigenvalue weighted by Gasteiger charge is 2.18. The summed E-state index contributed by atoms with van der Waals surface area (Å²) in [5.41, 5.74) is 1.55. The van der Waals surface area contributed by atoms with E-state index in [0.29, 0.717) is 46.0 Å². The van der Waals surface area contributed by atoms with Gasteiger partial charge in [-0.25, -0.2) is 4.68 Å². The molecule has 3 rings (SSSR count). The number of para-hydroxylation sites is 2. The van der Waals surface area contributed by atoms with Crippen LogP contribution in [0.4, 0.5) is 5.69 Å². The minimum Gasteiger partial charge on any atom is -0.496 e. The third kappa shape index (κ3) is 5.58. The normalized spacial score (nSPS) is 10.8. The zero-order valence-electron chi connectivity index (χ0n) is 18.2. The molecule has 1 heterocycles. The van der Waals surface area contributed by atoms with Crippen LogP contribution in [-0.4, -0.2) is 46.1 Å². The second-order valence-corrected chi connectivity index (χ2v) is 8.31. The van der Waals surface area contributed by atoms with Crippen molar-refractivity contribution in [2.75, 3.05) is 30.6 Å². The number of methoxy groups -OCH3 is 1. The number of nitrogens with zero attached hydrogens (tertiary/aromatic N) is 3. The number of nitrogens with two attached hydrogens (primary N) is 1. The minimum absolute atomic E-state index is 0.0448. The maximum Gasteiger partial charge on any atom is 0.253 e. The number of aromatic nitrogens is 3. The number of nitrogens with one attached hydrogen (secondary N) is 2. The van der Waals surface area contributed by atoms with Crippen LogP contribution in [0, 0.1) is 5.92 Å². The molecule has 32 heavy (non-hydrogen) atoms. The first-order chi connectivity index (χ1) is 15.4. The van der Waals surface area contributed by atoms with Crippen molar-refractivity contribution in [3.05, 3.63) is 54.1 Å². The third-order valence-electron chi connectivity index (χ3n) is 4.46. The smallest absolute Gasteiger partial charge is 0.253 e. The van der Waals surface area contributed by atoms with Gasteiger partial charge in [0.05, 0.1) is 29.7 Å². The molecule has 2 amide bonds. The SMILES string of the molecule is COc1ccccc1-c1nnc(SCC(=O)Nc2ccccc2C(=O)NCC(C)C)n1N. The number of anilines is 1. The fourth-order valence-electron chi connectivity index (χ4n) is 2.89. The molecule has 0 aliphatic rings. The molecule has 0 aliphatic carbocycles. The van der Waals surface area contributed by atoms with Gasteiger partial charge in [-0.2, -0.15) is 0 Å². The van der Waals surface area contributed by atoms with Gasteiger partial charge in [-0.15, -0.1) is 10.2 Å². The van der Waals surface area contributed by atoms with Crippen LogP contribution in [0.2, 0.25) is 0 Å². The molecule has 10 heteroatoms. The maximum atomic E-state index is 12.5. The molecule has 3 aromatic rings. The molecular formula is C22H26N6O3S. The number of carbonyl (C=O) groups excluding carboxylic acids is 2. The fourth-order valence-corrected chi connectivity index (χ4v) is 3.54. The van der Waals surface area contributed by atoms with Crippen molar-refractivity contribution in [1.29, 1.82) is 0 Å². The number of nitrogen functional groups attached to an aromatic ring is 1. The zero-order valence-corrected chi connectivity index (χ0v) is 19.0. The van der Waals surface area contributed by atoms with Gasteiger partial charge in [0.2, 0.25) is 11.1 Å². The Hall–Kier alpha value is -3.53. The van der Waals surface area contributed by atoms with Crippen LogP contribution >= 0.6 is 11.8 Å². The third-order valence-corrected chi connectivity index (χ3v) is 5.40. The zero-order chi connectivity index (χ0) is 23.1. The van der Waals surface area contributed by atoms with Crippen molar-refractivity contribution in [2.45, 2.75) is 19.0 Å². The second kappa shape index (κ2) is 10.7. The number of carbonyl (C=O) groups is 2. The fraction of sp³-hybridized carbons (Fsp3) is 0.273. The molecule has 0 radical (unpaired) electrons. The lowest BCUT2D eigenvalue weighted by Crippen LogP contribution is -2.28. The average molecular weight is 455 g/mol. The van der Waals surface area contributed by atoms with Crippen molar-refractivity contribution < 1.29 is 14.3 Å². The number of rotatable bonds is 9. The number of hydrogen-bond donors (Lipinski definition) is 3. The van der Waals surface area contributed by atoms with E-state index in [0.717, 1.165) is 11.8 Å². The van der Waals surface area contributed by atoms with Crippen molar-refractivity contribution in [2.24, 2.45) is 5.92 Å². The Morgan fingerprint density at radius 2 is 1.84 bits per heavy atom. The molecule has 0 saturated heterocycles. The summed E-state index contributed by atoms with van der Waals surface area (Å²) < 4.78 is 6.67. The number of benzene rings is 2. The van der Waals surface area contributed by atoms with Gasteiger partial charge >= 0.3 is 0 Å². The Balaban J connectivity index is 1.65. The standard InChI is InChI=1S/C22H26N6O3S/c1-14(2)12-24-21(30)15-8-4-6-10-17(15)25-19(29)13-32-22-27-26-20(28(22)23)16-9-5-7-11-18(16)31-3/h4-11,14H,12-13,23H2,1-3H3,(H,24,30)(H,25,29). The van der Waals surface area contributed by atoms with E-state index in [1.807, 2.05) is 32.0 Å². The van der Waals surface area contributed by atoms with E-state index in [4.69, 9.17) is 10.6 Å². The van der Waals surface area contributed by atoms with Gasteiger partial charge in [0.25, 0.3) is 5.91 Å². The summed E-state index contributed by atoms with van der Waals surface area (Å²) in [5.74, 6) is 7.05. The van der Waals surface area contributed by atoms with Gasteiger partial charge < -0.3 is 21.2 Å². The lowest BCUT2D eigenvalue weighted by molar-refractivity contribution is -0.113. The number of ether oxygens (including phenoxy) is 1. The molecule has 0 saturated carbocycles.